The third-order valence-corrected chi connectivity index (χ3v) is 7.22. The third kappa shape index (κ3) is 5.01. The van der Waals surface area contributed by atoms with Gasteiger partial charge < -0.3 is 19.7 Å². The van der Waals surface area contributed by atoms with Gasteiger partial charge in [-0.05, 0) is 85.7 Å². The van der Waals surface area contributed by atoms with Crippen molar-refractivity contribution in [3.8, 4) is 22.6 Å². The van der Waals surface area contributed by atoms with Crippen LogP contribution in [0.25, 0.3) is 22.0 Å². The standard InChI is InChI=1S/C31H32N4O3/c1-19-32-27-13-7-22(16-26(27)30(33-19)34-24-9-10-24)21-6-4-5-20(15-21)18-35(25-11-12-25)31(36)23-8-14-28(37-2)29(17-23)38-3/h4-8,13-17,24-25H,9-12,18H2,1-3H3,(H,32,33,34). The number of rotatable bonds is 9. The smallest absolute Gasteiger partial charge is 0.254 e. The van der Waals surface area contributed by atoms with Gasteiger partial charge >= 0.3 is 0 Å². The van der Waals surface area contributed by atoms with Crippen molar-refractivity contribution in [1.29, 1.82) is 0 Å². The lowest BCUT2D eigenvalue weighted by atomic mass is 10.0. The number of anilines is 1. The third-order valence-electron chi connectivity index (χ3n) is 7.22. The van der Waals surface area contributed by atoms with Gasteiger partial charge in [0.15, 0.2) is 11.5 Å². The van der Waals surface area contributed by atoms with Crippen LogP contribution in [0.15, 0.2) is 60.7 Å². The summed E-state index contributed by atoms with van der Waals surface area (Å²) in [5.41, 5.74) is 4.86. The predicted octanol–water partition coefficient (Wildman–Crippen LogP) is 6.00. The molecule has 194 valence electrons. The van der Waals surface area contributed by atoms with Crippen LogP contribution in [0.2, 0.25) is 0 Å². The fraction of sp³-hybridized carbons (Fsp3) is 0.323. The zero-order chi connectivity index (χ0) is 26.2. The molecule has 0 aliphatic heterocycles. The van der Waals surface area contributed by atoms with Crippen LogP contribution in [0, 0.1) is 6.92 Å². The summed E-state index contributed by atoms with van der Waals surface area (Å²) in [6, 6.07) is 20.9. The van der Waals surface area contributed by atoms with E-state index in [0.717, 1.165) is 52.1 Å². The number of ether oxygens (including phenoxy) is 2. The highest BCUT2D eigenvalue weighted by molar-refractivity contribution is 5.95. The van der Waals surface area contributed by atoms with E-state index in [-0.39, 0.29) is 11.9 Å². The summed E-state index contributed by atoms with van der Waals surface area (Å²) in [5, 5.41) is 4.60. The molecule has 1 heterocycles. The number of aromatic nitrogens is 2. The number of methoxy groups -OCH3 is 2. The van der Waals surface area contributed by atoms with Gasteiger partial charge in [-0.2, -0.15) is 0 Å². The van der Waals surface area contributed by atoms with Crippen LogP contribution in [-0.4, -0.2) is 47.1 Å². The molecule has 0 spiro atoms. The summed E-state index contributed by atoms with van der Waals surface area (Å²) in [6.45, 7) is 2.49. The number of hydrogen-bond donors (Lipinski definition) is 1. The van der Waals surface area contributed by atoms with Gasteiger partial charge in [-0.3, -0.25) is 4.79 Å². The van der Waals surface area contributed by atoms with Crippen molar-refractivity contribution >= 4 is 22.6 Å². The molecule has 0 saturated heterocycles. The first-order valence-electron chi connectivity index (χ1n) is 13.2. The number of fused-ring (bicyclic) bond motifs is 1. The number of hydrogen-bond acceptors (Lipinski definition) is 6. The molecule has 0 radical (unpaired) electrons. The molecular weight excluding hydrogens is 476 g/mol. The van der Waals surface area contributed by atoms with Gasteiger partial charge in [-0.15, -0.1) is 0 Å². The highest BCUT2D eigenvalue weighted by Crippen LogP contribution is 2.34. The number of nitrogens with zero attached hydrogens (tertiary/aromatic N) is 3. The molecular formula is C31H32N4O3. The Labute approximate surface area is 222 Å². The molecule has 2 saturated carbocycles. The second kappa shape index (κ2) is 9.97. The number of aryl methyl sites for hydroxylation is 1. The molecule has 0 bridgehead atoms. The summed E-state index contributed by atoms with van der Waals surface area (Å²) < 4.78 is 10.8. The zero-order valence-electron chi connectivity index (χ0n) is 22.0. The van der Waals surface area contributed by atoms with E-state index in [9.17, 15) is 4.79 Å². The van der Waals surface area contributed by atoms with E-state index < -0.39 is 0 Å². The van der Waals surface area contributed by atoms with Crippen LogP contribution in [0.1, 0.15) is 47.4 Å². The van der Waals surface area contributed by atoms with Crippen molar-refractivity contribution in [3.63, 3.8) is 0 Å². The Bertz CT molecular complexity index is 1510. The summed E-state index contributed by atoms with van der Waals surface area (Å²) in [6.07, 6.45) is 4.43. The second-order valence-corrected chi connectivity index (χ2v) is 10.2. The molecule has 4 aromatic rings. The van der Waals surface area contributed by atoms with Crippen LogP contribution >= 0.6 is 0 Å². The van der Waals surface area contributed by atoms with Gasteiger partial charge in [0.1, 0.15) is 11.6 Å². The molecule has 2 fully saturated rings. The highest BCUT2D eigenvalue weighted by Gasteiger charge is 2.33. The van der Waals surface area contributed by atoms with E-state index in [1.54, 1.807) is 26.4 Å². The van der Waals surface area contributed by atoms with Gasteiger partial charge in [0.25, 0.3) is 5.91 Å². The van der Waals surface area contributed by atoms with Crippen molar-refractivity contribution in [3.05, 3.63) is 77.6 Å². The van der Waals surface area contributed by atoms with Crippen molar-refractivity contribution in [2.24, 2.45) is 0 Å². The van der Waals surface area contributed by atoms with E-state index in [1.165, 1.54) is 12.8 Å². The van der Waals surface area contributed by atoms with Crippen molar-refractivity contribution in [2.75, 3.05) is 19.5 Å². The van der Waals surface area contributed by atoms with Crippen LogP contribution in [0.4, 0.5) is 5.82 Å². The molecule has 1 amide bonds. The van der Waals surface area contributed by atoms with Gasteiger partial charge in [-0.25, -0.2) is 9.97 Å². The Morgan fingerprint density at radius 1 is 0.921 bits per heavy atom. The monoisotopic (exact) mass is 508 g/mol. The summed E-state index contributed by atoms with van der Waals surface area (Å²) in [5.74, 6) is 2.86. The molecule has 6 rings (SSSR count). The van der Waals surface area contributed by atoms with Crippen LogP contribution < -0.4 is 14.8 Å². The van der Waals surface area contributed by atoms with E-state index in [1.807, 2.05) is 17.9 Å². The van der Waals surface area contributed by atoms with E-state index in [4.69, 9.17) is 9.47 Å². The maximum atomic E-state index is 13.6. The first kappa shape index (κ1) is 24.2. The molecule has 2 aliphatic rings. The average Bonchev–Trinajstić information content (AvgIpc) is 3.87. The molecule has 0 atom stereocenters. The van der Waals surface area contributed by atoms with Crippen molar-refractivity contribution in [2.45, 2.75) is 51.2 Å². The quantitative estimate of drug-likeness (QED) is 0.299. The molecule has 0 unspecified atom stereocenters. The van der Waals surface area contributed by atoms with Gasteiger partial charge in [0.05, 0.1) is 19.7 Å². The molecule has 3 aromatic carbocycles. The summed E-state index contributed by atoms with van der Waals surface area (Å²) in [7, 11) is 3.18. The van der Waals surface area contributed by atoms with Gasteiger partial charge in [0, 0.05) is 29.6 Å². The Kier molecular flexibility index (Phi) is 6.35. The number of carbonyl (C=O) groups excluding carboxylic acids is 1. The normalized spacial score (nSPS) is 14.8. The molecule has 2 aliphatic carbocycles. The predicted molar refractivity (Wildman–Crippen MR) is 149 cm³/mol. The minimum atomic E-state index is 0.00729. The minimum Gasteiger partial charge on any atom is -0.493 e. The first-order chi connectivity index (χ1) is 18.5. The molecule has 38 heavy (non-hydrogen) atoms. The van der Waals surface area contributed by atoms with Gasteiger partial charge in [-0.1, -0.05) is 24.3 Å². The highest BCUT2D eigenvalue weighted by atomic mass is 16.5. The maximum Gasteiger partial charge on any atom is 0.254 e. The minimum absolute atomic E-state index is 0.00729. The SMILES string of the molecule is COc1ccc(C(=O)N(Cc2cccc(-c3ccc4nc(C)nc(NC5CC5)c4c3)c2)C2CC2)cc1OC. The first-order valence-corrected chi connectivity index (χ1v) is 13.2. The molecule has 7 nitrogen and oxygen atoms in total. The lowest BCUT2D eigenvalue weighted by Crippen LogP contribution is -2.32. The molecule has 1 N–H and O–H groups in total. The van der Waals surface area contributed by atoms with Crippen molar-refractivity contribution in [1.82, 2.24) is 14.9 Å². The molecule has 1 aromatic heterocycles. The summed E-state index contributed by atoms with van der Waals surface area (Å²) in [4.78, 5) is 24.9. The average molecular weight is 509 g/mol. The Morgan fingerprint density at radius 3 is 2.45 bits per heavy atom. The fourth-order valence-electron chi connectivity index (χ4n) is 4.89. The Balaban J connectivity index is 1.28. The van der Waals surface area contributed by atoms with E-state index in [0.29, 0.717) is 29.6 Å². The number of carbonyl (C=O) groups is 1. The van der Waals surface area contributed by atoms with E-state index >= 15 is 0 Å². The Morgan fingerprint density at radius 2 is 1.71 bits per heavy atom. The number of nitrogens with one attached hydrogen (secondary N) is 1. The maximum absolute atomic E-state index is 13.6. The fourth-order valence-corrected chi connectivity index (χ4v) is 4.89. The lowest BCUT2D eigenvalue weighted by molar-refractivity contribution is 0.0729. The second-order valence-electron chi connectivity index (χ2n) is 10.2. The van der Waals surface area contributed by atoms with Crippen LogP contribution in [0.5, 0.6) is 11.5 Å². The van der Waals surface area contributed by atoms with E-state index in [2.05, 4.69) is 57.7 Å². The summed E-state index contributed by atoms with van der Waals surface area (Å²) >= 11 is 0. The van der Waals surface area contributed by atoms with Gasteiger partial charge in [0.2, 0.25) is 0 Å². The largest absolute Gasteiger partial charge is 0.493 e. The lowest BCUT2D eigenvalue weighted by Gasteiger charge is -2.23. The van der Waals surface area contributed by atoms with Crippen LogP contribution in [-0.2, 0) is 6.54 Å². The topological polar surface area (TPSA) is 76.6 Å². The zero-order valence-corrected chi connectivity index (χ0v) is 22.0. The number of benzene rings is 3. The van der Waals surface area contributed by atoms with Crippen molar-refractivity contribution < 1.29 is 14.3 Å². The molecule has 7 heteroatoms. The van der Waals surface area contributed by atoms with Crippen LogP contribution in [0.3, 0.4) is 0 Å². The Hall–Kier alpha value is -4.13. The number of amides is 1.